The van der Waals surface area contributed by atoms with Crippen LogP contribution in [0.4, 0.5) is 5.69 Å². The molecule has 2 heterocycles. The number of nitrogens with zero attached hydrogens (tertiary/aromatic N) is 2. The number of anilines is 1. The largest absolute Gasteiger partial charge is 0.313 e. The molecule has 0 spiro atoms. The summed E-state index contributed by atoms with van der Waals surface area (Å²) in [7, 11) is 1.77. The van der Waals surface area contributed by atoms with Gasteiger partial charge in [-0.2, -0.15) is 0 Å². The van der Waals surface area contributed by atoms with Crippen molar-refractivity contribution in [3.8, 4) is 12.3 Å². The minimum Gasteiger partial charge on any atom is -0.313 e. The van der Waals surface area contributed by atoms with Crippen LogP contribution in [-0.2, 0) is 4.79 Å². The Morgan fingerprint density at radius 3 is 2.95 bits per heavy atom. The molecule has 0 atom stereocenters. The maximum atomic E-state index is 12.0. The number of hydrogen-bond donors (Lipinski definition) is 0. The van der Waals surface area contributed by atoms with Crippen LogP contribution in [-0.4, -0.2) is 25.2 Å². The van der Waals surface area contributed by atoms with Crippen molar-refractivity contribution in [1.29, 1.82) is 0 Å². The lowest BCUT2D eigenvalue weighted by molar-refractivity contribution is -0.116. The van der Waals surface area contributed by atoms with E-state index in [4.69, 9.17) is 6.42 Å². The third-order valence-electron chi connectivity index (χ3n) is 3.28. The van der Waals surface area contributed by atoms with Gasteiger partial charge in [0.2, 0.25) is 5.91 Å². The molecule has 4 heteroatoms. The number of benzene rings is 1. The molecular weight excluding hydrogens is 268 g/mol. The fourth-order valence-electron chi connectivity index (χ4n) is 2.20. The maximum absolute atomic E-state index is 12.0. The SMILES string of the molecule is C#Cc1ccc2c(c1)C(c1cccs1)=NCC(=O)N2C. The summed E-state index contributed by atoms with van der Waals surface area (Å²) < 4.78 is 0. The first kappa shape index (κ1) is 12.6. The Morgan fingerprint density at radius 2 is 2.25 bits per heavy atom. The minimum absolute atomic E-state index is 0.0220. The third kappa shape index (κ3) is 2.02. The smallest absolute Gasteiger partial charge is 0.248 e. The first-order chi connectivity index (χ1) is 9.70. The molecule has 0 saturated carbocycles. The van der Waals surface area contributed by atoms with Gasteiger partial charge in [-0.25, -0.2) is 0 Å². The molecule has 1 aromatic carbocycles. The van der Waals surface area contributed by atoms with Gasteiger partial charge in [-0.1, -0.05) is 12.0 Å². The van der Waals surface area contributed by atoms with Crippen LogP contribution in [0.15, 0.2) is 40.7 Å². The van der Waals surface area contributed by atoms with Crippen LogP contribution >= 0.6 is 11.3 Å². The van der Waals surface area contributed by atoms with Gasteiger partial charge in [0.05, 0.1) is 16.3 Å². The van der Waals surface area contributed by atoms with Gasteiger partial charge in [-0.05, 0) is 29.6 Å². The van der Waals surface area contributed by atoms with Gasteiger partial charge < -0.3 is 4.90 Å². The van der Waals surface area contributed by atoms with Gasteiger partial charge in [0.15, 0.2) is 0 Å². The van der Waals surface area contributed by atoms with E-state index in [-0.39, 0.29) is 12.5 Å². The monoisotopic (exact) mass is 280 g/mol. The van der Waals surface area contributed by atoms with Crippen LogP contribution in [0.1, 0.15) is 16.0 Å². The summed E-state index contributed by atoms with van der Waals surface area (Å²) in [6.07, 6.45) is 5.48. The van der Waals surface area contributed by atoms with E-state index in [0.717, 1.165) is 27.4 Å². The Morgan fingerprint density at radius 1 is 1.40 bits per heavy atom. The van der Waals surface area contributed by atoms with Crippen molar-refractivity contribution in [2.75, 3.05) is 18.5 Å². The number of fused-ring (bicyclic) bond motifs is 1. The molecule has 0 saturated heterocycles. The van der Waals surface area contributed by atoms with Gasteiger partial charge >= 0.3 is 0 Å². The second-order valence-corrected chi connectivity index (χ2v) is 5.42. The number of amides is 1. The molecule has 0 radical (unpaired) electrons. The van der Waals surface area contributed by atoms with Gasteiger partial charge in [-0.3, -0.25) is 9.79 Å². The zero-order chi connectivity index (χ0) is 14.1. The van der Waals surface area contributed by atoms with Crippen LogP contribution in [0.25, 0.3) is 0 Å². The predicted molar refractivity (Wildman–Crippen MR) is 82.6 cm³/mol. The number of carbonyl (C=O) groups excluding carboxylic acids is 1. The molecule has 0 aliphatic carbocycles. The Hall–Kier alpha value is -2.38. The van der Waals surface area contributed by atoms with Crippen LogP contribution in [0.3, 0.4) is 0 Å². The summed E-state index contributed by atoms with van der Waals surface area (Å²) in [4.78, 5) is 19.2. The second kappa shape index (κ2) is 4.95. The number of thiophene rings is 1. The zero-order valence-corrected chi connectivity index (χ0v) is 11.8. The molecule has 3 rings (SSSR count). The number of aliphatic imine (C=N–C) groups is 1. The Balaban J connectivity index is 2.25. The topological polar surface area (TPSA) is 32.7 Å². The minimum atomic E-state index is -0.0220. The number of terminal acetylenes is 1. The average Bonchev–Trinajstić information content (AvgIpc) is 2.96. The molecule has 0 fully saturated rings. The second-order valence-electron chi connectivity index (χ2n) is 4.47. The van der Waals surface area contributed by atoms with Crippen molar-refractivity contribution in [2.24, 2.45) is 4.99 Å². The number of benzodiazepines with no additional fused rings is 1. The normalized spacial score (nSPS) is 14.3. The van der Waals surface area contributed by atoms with E-state index in [1.54, 1.807) is 23.3 Å². The summed E-state index contributed by atoms with van der Waals surface area (Å²) in [6.45, 7) is 0.157. The van der Waals surface area contributed by atoms with E-state index in [1.165, 1.54) is 0 Å². The van der Waals surface area contributed by atoms with Crippen LogP contribution in [0.2, 0.25) is 0 Å². The zero-order valence-electron chi connectivity index (χ0n) is 11.0. The number of carbonyl (C=O) groups is 1. The highest BCUT2D eigenvalue weighted by molar-refractivity contribution is 7.12. The Bertz CT molecular complexity index is 738. The number of hydrogen-bond acceptors (Lipinski definition) is 3. The van der Waals surface area contributed by atoms with Crippen molar-refractivity contribution in [3.05, 3.63) is 51.7 Å². The summed E-state index contributed by atoms with van der Waals surface area (Å²) in [6, 6.07) is 9.63. The third-order valence-corrected chi connectivity index (χ3v) is 4.16. The van der Waals surface area contributed by atoms with Gasteiger partial charge in [0.1, 0.15) is 6.54 Å². The molecule has 2 aromatic rings. The van der Waals surface area contributed by atoms with Gasteiger partial charge in [-0.15, -0.1) is 17.8 Å². The molecule has 0 N–H and O–H groups in total. The molecule has 1 aliphatic rings. The van der Waals surface area contributed by atoms with E-state index in [9.17, 15) is 4.79 Å². The summed E-state index contributed by atoms with van der Waals surface area (Å²) in [5, 5.41) is 2.00. The fourth-order valence-corrected chi connectivity index (χ4v) is 2.95. The molecule has 0 unspecified atom stereocenters. The highest BCUT2D eigenvalue weighted by Crippen LogP contribution is 2.28. The van der Waals surface area contributed by atoms with Crippen molar-refractivity contribution < 1.29 is 4.79 Å². The highest BCUT2D eigenvalue weighted by atomic mass is 32.1. The molecule has 1 amide bonds. The van der Waals surface area contributed by atoms with Crippen molar-refractivity contribution in [3.63, 3.8) is 0 Å². The lowest BCUT2D eigenvalue weighted by atomic mass is 10.0. The van der Waals surface area contributed by atoms with Gasteiger partial charge in [0, 0.05) is 18.2 Å². The molecule has 98 valence electrons. The van der Waals surface area contributed by atoms with Gasteiger partial charge in [0.25, 0.3) is 0 Å². The van der Waals surface area contributed by atoms with Crippen molar-refractivity contribution in [1.82, 2.24) is 0 Å². The van der Waals surface area contributed by atoms with E-state index in [1.807, 2.05) is 35.7 Å². The lowest BCUT2D eigenvalue weighted by Crippen LogP contribution is -2.27. The first-order valence-electron chi connectivity index (χ1n) is 6.16. The molecule has 3 nitrogen and oxygen atoms in total. The molecular formula is C16H12N2OS. The van der Waals surface area contributed by atoms with Crippen LogP contribution < -0.4 is 4.90 Å². The Labute approximate surface area is 121 Å². The summed E-state index contributed by atoms with van der Waals surface area (Å²) >= 11 is 1.61. The molecule has 1 aliphatic heterocycles. The number of rotatable bonds is 1. The molecule has 1 aromatic heterocycles. The van der Waals surface area contributed by atoms with E-state index in [2.05, 4.69) is 10.9 Å². The Kier molecular flexibility index (Phi) is 3.13. The summed E-state index contributed by atoms with van der Waals surface area (Å²) in [5.74, 6) is 2.61. The van der Waals surface area contributed by atoms with Crippen LogP contribution in [0.5, 0.6) is 0 Å². The van der Waals surface area contributed by atoms with Crippen molar-refractivity contribution >= 4 is 28.6 Å². The standard InChI is InChI=1S/C16H12N2OS/c1-3-11-6-7-13-12(9-11)16(14-5-4-8-20-14)17-10-15(19)18(13)2/h1,4-9H,10H2,2H3. The van der Waals surface area contributed by atoms with E-state index < -0.39 is 0 Å². The summed E-state index contributed by atoms with van der Waals surface area (Å²) in [5.41, 5.74) is 3.38. The highest BCUT2D eigenvalue weighted by Gasteiger charge is 2.22. The fraction of sp³-hybridized carbons (Fsp3) is 0.125. The lowest BCUT2D eigenvalue weighted by Gasteiger charge is -2.17. The van der Waals surface area contributed by atoms with E-state index in [0.29, 0.717) is 0 Å². The van der Waals surface area contributed by atoms with Crippen molar-refractivity contribution in [2.45, 2.75) is 0 Å². The maximum Gasteiger partial charge on any atom is 0.248 e. The molecule has 0 bridgehead atoms. The quantitative estimate of drug-likeness (QED) is 0.739. The van der Waals surface area contributed by atoms with E-state index >= 15 is 0 Å². The first-order valence-corrected chi connectivity index (χ1v) is 7.04. The van der Waals surface area contributed by atoms with Crippen LogP contribution in [0, 0.1) is 12.3 Å². The molecule has 20 heavy (non-hydrogen) atoms. The number of likely N-dealkylation sites (N-methyl/N-ethyl adjacent to an activating group) is 1. The average molecular weight is 280 g/mol. The predicted octanol–water partition coefficient (Wildman–Crippen LogP) is 2.54.